The third-order valence-electron chi connectivity index (χ3n) is 4.67. The Morgan fingerprint density at radius 2 is 1.88 bits per heavy atom. The van der Waals surface area contributed by atoms with E-state index in [2.05, 4.69) is 15.5 Å². The maximum absolute atomic E-state index is 12.8. The van der Waals surface area contributed by atoms with Gasteiger partial charge in [-0.15, -0.1) is 0 Å². The molecule has 4 rings (SSSR count). The summed E-state index contributed by atoms with van der Waals surface area (Å²) >= 11 is 12.0. The molecule has 34 heavy (non-hydrogen) atoms. The zero-order valence-corrected chi connectivity index (χ0v) is 19.1. The van der Waals surface area contributed by atoms with Crippen LogP contribution in [-0.4, -0.2) is 28.1 Å². The molecule has 0 bridgehead atoms. The number of aromatic nitrogens is 2. The van der Waals surface area contributed by atoms with Crippen molar-refractivity contribution in [2.24, 2.45) is 0 Å². The van der Waals surface area contributed by atoms with Crippen LogP contribution in [0.5, 0.6) is 17.2 Å². The molecular formula is C23H16Cl2N4O5. The number of hydrogen-bond acceptors (Lipinski definition) is 6. The molecule has 9 nitrogen and oxygen atoms in total. The number of anilines is 1. The van der Waals surface area contributed by atoms with Gasteiger partial charge in [0.25, 0.3) is 11.6 Å². The van der Waals surface area contributed by atoms with E-state index in [1.54, 1.807) is 37.4 Å². The molecule has 4 aromatic rings. The molecule has 2 N–H and O–H groups in total. The highest BCUT2D eigenvalue weighted by Crippen LogP contribution is 2.34. The van der Waals surface area contributed by atoms with Crippen molar-refractivity contribution in [3.8, 4) is 28.5 Å². The van der Waals surface area contributed by atoms with Gasteiger partial charge < -0.3 is 14.8 Å². The maximum Gasteiger partial charge on any atom is 0.275 e. The van der Waals surface area contributed by atoms with E-state index in [0.717, 1.165) is 5.56 Å². The van der Waals surface area contributed by atoms with Gasteiger partial charge in [-0.25, -0.2) is 0 Å². The average molecular weight is 499 g/mol. The molecule has 1 heterocycles. The minimum atomic E-state index is -0.594. The zero-order chi connectivity index (χ0) is 24.2. The number of ether oxygens (including phenoxy) is 2. The number of hydrogen-bond donors (Lipinski definition) is 2. The normalized spacial score (nSPS) is 10.6. The number of nitrogens with zero attached hydrogens (tertiary/aromatic N) is 2. The van der Waals surface area contributed by atoms with Crippen LogP contribution in [0.25, 0.3) is 11.3 Å². The predicted molar refractivity (Wildman–Crippen MR) is 128 cm³/mol. The summed E-state index contributed by atoms with van der Waals surface area (Å²) in [6, 6.07) is 17.2. The Morgan fingerprint density at radius 1 is 1.06 bits per heavy atom. The molecule has 11 heteroatoms. The number of amides is 1. The van der Waals surface area contributed by atoms with E-state index in [9.17, 15) is 14.9 Å². The zero-order valence-electron chi connectivity index (χ0n) is 17.5. The van der Waals surface area contributed by atoms with Crippen molar-refractivity contribution in [3.05, 3.63) is 92.6 Å². The van der Waals surface area contributed by atoms with Crippen molar-refractivity contribution < 1.29 is 19.2 Å². The van der Waals surface area contributed by atoms with Gasteiger partial charge in [0.05, 0.1) is 34.5 Å². The largest absolute Gasteiger partial charge is 0.497 e. The minimum absolute atomic E-state index is 0.107. The fraction of sp³-hybridized carbons (Fsp3) is 0.0435. The van der Waals surface area contributed by atoms with E-state index < -0.39 is 10.8 Å². The van der Waals surface area contributed by atoms with Crippen LogP contribution in [0.15, 0.2) is 66.7 Å². The first kappa shape index (κ1) is 23.1. The summed E-state index contributed by atoms with van der Waals surface area (Å²) in [7, 11) is 1.56. The molecule has 172 valence electrons. The summed E-state index contributed by atoms with van der Waals surface area (Å²) in [6.07, 6.45) is 0. The monoisotopic (exact) mass is 498 g/mol. The van der Waals surface area contributed by atoms with Gasteiger partial charge in [-0.2, -0.15) is 5.10 Å². The van der Waals surface area contributed by atoms with Gasteiger partial charge in [0.2, 0.25) is 0 Å². The number of aromatic amines is 1. The molecule has 0 aliphatic carbocycles. The Morgan fingerprint density at radius 3 is 2.62 bits per heavy atom. The molecule has 0 saturated carbocycles. The molecule has 0 saturated heterocycles. The van der Waals surface area contributed by atoms with Crippen LogP contribution in [0.4, 0.5) is 11.4 Å². The molecule has 0 aliphatic rings. The lowest BCUT2D eigenvalue weighted by molar-refractivity contribution is -0.384. The topological polar surface area (TPSA) is 119 Å². The summed E-state index contributed by atoms with van der Waals surface area (Å²) < 4.78 is 10.9. The summed E-state index contributed by atoms with van der Waals surface area (Å²) in [5.74, 6) is 0.463. The number of methoxy groups -OCH3 is 1. The average Bonchev–Trinajstić information content (AvgIpc) is 3.31. The van der Waals surface area contributed by atoms with E-state index in [0.29, 0.717) is 16.5 Å². The van der Waals surface area contributed by atoms with Crippen LogP contribution in [-0.2, 0) is 0 Å². The summed E-state index contributed by atoms with van der Waals surface area (Å²) in [5, 5.41) is 21.5. The molecule has 0 unspecified atom stereocenters. The number of carbonyl (C=O) groups excluding carboxylic acids is 1. The van der Waals surface area contributed by atoms with Gasteiger partial charge >= 0.3 is 0 Å². The van der Waals surface area contributed by atoms with E-state index >= 15 is 0 Å². The molecule has 3 aromatic carbocycles. The molecular weight excluding hydrogens is 483 g/mol. The van der Waals surface area contributed by atoms with E-state index in [1.165, 1.54) is 30.3 Å². The number of carbonyl (C=O) groups is 1. The lowest BCUT2D eigenvalue weighted by Crippen LogP contribution is -2.12. The lowest BCUT2D eigenvalue weighted by atomic mass is 10.1. The van der Waals surface area contributed by atoms with Crippen LogP contribution >= 0.6 is 23.2 Å². The molecule has 1 aromatic heterocycles. The van der Waals surface area contributed by atoms with Crippen molar-refractivity contribution in [1.29, 1.82) is 0 Å². The molecule has 1 amide bonds. The molecule has 0 atom stereocenters. The SMILES string of the molecule is COc1cccc(-c2cc(C(=O)Nc3cc(Oc4ccc(Cl)cc4Cl)cc([N+](=O)[O-])c3)[nH]n2)c1. The van der Waals surface area contributed by atoms with Crippen molar-refractivity contribution in [2.75, 3.05) is 12.4 Å². The number of benzene rings is 3. The van der Waals surface area contributed by atoms with Gasteiger partial charge in [-0.05, 0) is 36.4 Å². The lowest BCUT2D eigenvalue weighted by Gasteiger charge is -2.10. The van der Waals surface area contributed by atoms with Crippen LogP contribution in [0.2, 0.25) is 10.0 Å². The van der Waals surface area contributed by atoms with Crippen molar-refractivity contribution in [1.82, 2.24) is 10.2 Å². The highest BCUT2D eigenvalue weighted by atomic mass is 35.5. The van der Waals surface area contributed by atoms with Crippen LogP contribution < -0.4 is 14.8 Å². The minimum Gasteiger partial charge on any atom is -0.497 e. The Bertz CT molecular complexity index is 1390. The fourth-order valence-electron chi connectivity index (χ4n) is 3.07. The number of halogens is 2. The van der Waals surface area contributed by atoms with Crippen LogP contribution in [0, 0.1) is 10.1 Å². The van der Waals surface area contributed by atoms with Crippen molar-refractivity contribution >= 4 is 40.5 Å². The van der Waals surface area contributed by atoms with E-state index in [-0.39, 0.29) is 33.6 Å². The van der Waals surface area contributed by atoms with Crippen molar-refractivity contribution in [3.63, 3.8) is 0 Å². The quantitative estimate of drug-likeness (QED) is 0.226. The van der Waals surface area contributed by atoms with Gasteiger partial charge in [0, 0.05) is 22.7 Å². The number of nitro benzene ring substituents is 1. The summed E-state index contributed by atoms with van der Waals surface area (Å²) in [4.78, 5) is 23.6. The van der Waals surface area contributed by atoms with Gasteiger partial charge in [-0.3, -0.25) is 20.0 Å². The first-order valence-electron chi connectivity index (χ1n) is 9.76. The predicted octanol–water partition coefficient (Wildman–Crippen LogP) is 6.34. The molecule has 0 aliphatic heterocycles. The smallest absolute Gasteiger partial charge is 0.275 e. The molecule has 0 spiro atoms. The molecule has 0 radical (unpaired) electrons. The third kappa shape index (κ3) is 5.28. The van der Waals surface area contributed by atoms with Crippen LogP contribution in [0.1, 0.15) is 10.5 Å². The first-order chi connectivity index (χ1) is 16.3. The number of rotatable bonds is 7. The Hall–Kier alpha value is -4.08. The Balaban J connectivity index is 1.57. The second-order valence-electron chi connectivity index (χ2n) is 7.00. The maximum atomic E-state index is 12.8. The summed E-state index contributed by atoms with van der Waals surface area (Å²) in [5.41, 5.74) is 1.31. The Labute approximate surface area is 203 Å². The fourth-order valence-corrected chi connectivity index (χ4v) is 3.52. The number of non-ortho nitro benzene ring substituents is 1. The molecule has 0 fully saturated rings. The summed E-state index contributed by atoms with van der Waals surface area (Å²) in [6.45, 7) is 0. The van der Waals surface area contributed by atoms with Gasteiger partial charge in [0.15, 0.2) is 0 Å². The standard InChI is InChI=1S/C23H16Cl2N4O5/c1-33-17-4-2-3-13(7-17)20-12-21(28-27-20)23(30)26-15-9-16(29(31)32)11-18(10-15)34-22-6-5-14(24)8-19(22)25/h2-12H,1H3,(H,26,30)(H,27,28). The second-order valence-corrected chi connectivity index (χ2v) is 7.85. The number of nitrogens with one attached hydrogen (secondary N) is 2. The van der Waals surface area contributed by atoms with E-state index in [1.807, 2.05) is 6.07 Å². The van der Waals surface area contributed by atoms with E-state index in [4.69, 9.17) is 32.7 Å². The van der Waals surface area contributed by atoms with Crippen LogP contribution in [0.3, 0.4) is 0 Å². The number of H-pyrrole nitrogens is 1. The number of nitro groups is 1. The third-order valence-corrected chi connectivity index (χ3v) is 5.20. The van der Waals surface area contributed by atoms with Gasteiger partial charge in [-0.1, -0.05) is 35.3 Å². The second kappa shape index (κ2) is 9.82. The highest BCUT2D eigenvalue weighted by molar-refractivity contribution is 6.35. The Kier molecular flexibility index (Phi) is 6.67. The van der Waals surface area contributed by atoms with Crippen molar-refractivity contribution in [2.45, 2.75) is 0 Å². The van der Waals surface area contributed by atoms with Gasteiger partial charge in [0.1, 0.15) is 22.9 Å². The highest BCUT2D eigenvalue weighted by Gasteiger charge is 2.17. The first-order valence-corrected chi connectivity index (χ1v) is 10.5.